The minimum atomic E-state index is -0.242. The number of fused-ring (bicyclic) bond motifs is 1. The zero-order chi connectivity index (χ0) is 20.0. The summed E-state index contributed by atoms with van der Waals surface area (Å²) in [6, 6.07) is 0. The third-order valence-electron chi connectivity index (χ3n) is 5.40. The number of hydrogen-bond donors (Lipinski definition) is 1. The van der Waals surface area contributed by atoms with Crippen molar-refractivity contribution in [3.63, 3.8) is 0 Å². The summed E-state index contributed by atoms with van der Waals surface area (Å²) in [4.78, 5) is 29.3. The minimum Gasteiger partial charge on any atom is -0.511 e. The topological polar surface area (TPSA) is 92.8 Å². The lowest BCUT2D eigenvalue weighted by molar-refractivity contribution is -0.118. The molecule has 2 aliphatic carbocycles. The van der Waals surface area contributed by atoms with E-state index in [0.717, 1.165) is 0 Å². The van der Waals surface area contributed by atoms with Crippen molar-refractivity contribution in [2.45, 2.75) is 66.2 Å². The number of aryl methyl sites for hydroxylation is 1. The predicted octanol–water partition coefficient (Wildman–Crippen LogP) is 4.03. The van der Waals surface area contributed by atoms with Gasteiger partial charge in [0.2, 0.25) is 0 Å². The van der Waals surface area contributed by atoms with Crippen LogP contribution in [0.15, 0.2) is 20.8 Å². The standard InChI is InChI=1S/C21H28N2O4/c1-20(2)8-14(24)18(15(25)9-20)12(22-5)6-7-13-19-16(26)10-21(3,4)11-17(19)27-23-13/h24H,6-11H2,1-5H3. The summed E-state index contributed by atoms with van der Waals surface area (Å²) in [6.07, 6.45) is 2.89. The normalized spacial score (nSPS) is 22.2. The van der Waals surface area contributed by atoms with Gasteiger partial charge in [0.25, 0.3) is 0 Å². The molecule has 6 nitrogen and oxygen atoms in total. The van der Waals surface area contributed by atoms with Crippen molar-refractivity contribution in [1.29, 1.82) is 0 Å². The molecule has 0 fully saturated rings. The third kappa shape index (κ3) is 3.89. The molecule has 1 heterocycles. The van der Waals surface area contributed by atoms with Crippen LogP contribution in [0.1, 0.15) is 75.2 Å². The van der Waals surface area contributed by atoms with Gasteiger partial charge in [-0.05, 0) is 23.7 Å². The van der Waals surface area contributed by atoms with E-state index in [9.17, 15) is 14.7 Å². The number of aliphatic imine (C=N–C) groups is 1. The quantitative estimate of drug-likeness (QED) is 0.805. The summed E-state index contributed by atoms with van der Waals surface area (Å²) < 4.78 is 5.44. The van der Waals surface area contributed by atoms with Crippen molar-refractivity contribution in [2.24, 2.45) is 15.8 Å². The molecule has 0 saturated carbocycles. The Hall–Kier alpha value is -2.24. The van der Waals surface area contributed by atoms with Crippen LogP contribution < -0.4 is 0 Å². The van der Waals surface area contributed by atoms with Crippen molar-refractivity contribution in [3.05, 3.63) is 28.3 Å². The van der Waals surface area contributed by atoms with Gasteiger partial charge >= 0.3 is 0 Å². The van der Waals surface area contributed by atoms with Crippen LogP contribution in [0.5, 0.6) is 0 Å². The first-order chi connectivity index (χ1) is 12.5. The van der Waals surface area contributed by atoms with E-state index in [2.05, 4.69) is 10.1 Å². The average Bonchev–Trinajstić information content (AvgIpc) is 2.90. The lowest BCUT2D eigenvalue weighted by atomic mass is 9.74. The van der Waals surface area contributed by atoms with Gasteiger partial charge in [0.05, 0.1) is 16.8 Å². The molecule has 1 N–H and O–H groups in total. The molecule has 27 heavy (non-hydrogen) atoms. The van der Waals surface area contributed by atoms with E-state index in [1.807, 2.05) is 27.7 Å². The first-order valence-electron chi connectivity index (χ1n) is 9.45. The molecule has 2 aliphatic rings. The summed E-state index contributed by atoms with van der Waals surface area (Å²) in [5.74, 6) is 0.741. The number of Topliss-reactive ketones (excluding diaryl/α,β-unsaturated/α-hetero) is 2. The molecule has 0 spiro atoms. The number of carbonyl (C=O) groups is 2. The van der Waals surface area contributed by atoms with Crippen molar-refractivity contribution < 1.29 is 19.2 Å². The van der Waals surface area contributed by atoms with E-state index in [1.54, 1.807) is 7.05 Å². The van der Waals surface area contributed by atoms with Crippen LogP contribution >= 0.6 is 0 Å². The van der Waals surface area contributed by atoms with Gasteiger partial charge in [0, 0.05) is 38.4 Å². The smallest absolute Gasteiger partial charge is 0.168 e. The minimum absolute atomic E-state index is 0.0602. The Labute approximate surface area is 159 Å². The van der Waals surface area contributed by atoms with Crippen molar-refractivity contribution in [3.8, 4) is 0 Å². The lowest BCUT2D eigenvalue weighted by Gasteiger charge is -2.30. The Morgan fingerprint density at radius 3 is 2.33 bits per heavy atom. The van der Waals surface area contributed by atoms with Crippen molar-refractivity contribution in [2.75, 3.05) is 7.05 Å². The van der Waals surface area contributed by atoms with Gasteiger partial charge in [-0.25, -0.2) is 0 Å². The maximum Gasteiger partial charge on any atom is 0.168 e. The van der Waals surface area contributed by atoms with Crippen LogP contribution in [-0.4, -0.2) is 34.6 Å². The molecular weight excluding hydrogens is 344 g/mol. The molecule has 0 bridgehead atoms. The van der Waals surface area contributed by atoms with E-state index >= 15 is 0 Å². The van der Waals surface area contributed by atoms with Crippen LogP contribution in [0.25, 0.3) is 0 Å². The zero-order valence-corrected chi connectivity index (χ0v) is 16.8. The Kier molecular flexibility index (Phi) is 4.87. The Morgan fingerprint density at radius 2 is 1.70 bits per heavy atom. The lowest BCUT2D eigenvalue weighted by Crippen LogP contribution is -2.29. The highest BCUT2D eigenvalue weighted by molar-refractivity contribution is 6.23. The van der Waals surface area contributed by atoms with Crippen molar-refractivity contribution in [1.82, 2.24) is 5.16 Å². The fourth-order valence-corrected chi connectivity index (χ4v) is 4.19. The molecule has 0 radical (unpaired) electrons. The molecule has 3 rings (SSSR count). The fraction of sp³-hybridized carbons (Fsp3) is 0.619. The van der Waals surface area contributed by atoms with Gasteiger partial charge in [0.15, 0.2) is 11.6 Å². The molecule has 0 aromatic carbocycles. The summed E-state index contributed by atoms with van der Waals surface area (Å²) in [5.41, 5.74) is 1.76. The van der Waals surface area contributed by atoms with E-state index in [-0.39, 0.29) is 28.2 Å². The molecule has 6 heteroatoms. The van der Waals surface area contributed by atoms with E-state index in [0.29, 0.717) is 66.8 Å². The maximum atomic E-state index is 12.6. The highest BCUT2D eigenvalue weighted by Crippen LogP contribution is 2.38. The van der Waals surface area contributed by atoms with E-state index in [4.69, 9.17) is 4.52 Å². The van der Waals surface area contributed by atoms with Gasteiger partial charge in [0.1, 0.15) is 11.5 Å². The van der Waals surface area contributed by atoms with Gasteiger partial charge in [-0.3, -0.25) is 14.6 Å². The Bertz CT molecular complexity index is 856. The van der Waals surface area contributed by atoms with Gasteiger partial charge in [-0.15, -0.1) is 0 Å². The maximum absolute atomic E-state index is 12.6. The van der Waals surface area contributed by atoms with Crippen LogP contribution in [-0.2, 0) is 17.6 Å². The number of carbonyl (C=O) groups excluding carboxylic acids is 2. The Balaban J connectivity index is 1.80. The molecule has 0 aliphatic heterocycles. The number of aromatic nitrogens is 1. The van der Waals surface area contributed by atoms with Crippen LogP contribution in [0.4, 0.5) is 0 Å². The predicted molar refractivity (Wildman–Crippen MR) is 102 cm³/mol. The summed E-state index contributed by atoms with van der Waals surface area (Å²) in [6.45, 7) is 8.03. The van der Waals surface area contributed by atoms with Crippen LogP contribution in [0, 0.1) is 10.8 Å². The summed E-state index contributed by atoms with van der Waals surface area (Å²) in [5, 5.41) is 14.5. The molecule has 0 unspecified atom stereocenters. The van der Waals surface area contributed by atoms with E-state index in [1.165, 1.54) is 0 Å². The number of nitrogens with zero attached hydrogens (tertiary/aromatic N) is 2. The van der Waals surface area contributed by atoms with Gasteiger partial charge < -0.3 is 9.63 Å². The zero-order valence-electron chi connectivity index (χ0n) is 16.8. The number of ketones is 2. The number of hydrogen-bond acceptors (Lipinski definition) is 6. The summed E-state index contributed by atoms with van der Waals surface area (Å²) in [7, 11) is 1.62. The fourth-order valence-electron chi connectivity index (χ4n) is 4.19. The molecule has 1 aromatic rings. The number of allylic oxidation sites excluding steroid dienone is 2. The summed E-state index contributed by atoms with van der Waals surface area (Å²) >= 11 is 0. The Morgan fingerprint density at radius 1 is 1.07 bits per heavy atom. The number of aliphatic hydroxyl groups excluding tert-OH is 1. The second-order valence-electron chi connectivity index (χ2n) is 9.30. The highest BCUT2D eigenvalue weighted by atomic mass is 16.5. The molecular formula is C21H28N2O4. The van der Waals surface area contributed by atoms with Crippen LogP contribution in [0.3, 0.4) is 0 Å². The number of rotatable bonds is 4. The first-order valence-corrected chi connectivity index (χ1v) is 9.45. The molecule has 1 aromatic heterocycles. The molecule has 0 saturated heterocycles. The first kappa shape index (κ1) is 19.5. The largest absolute Gasteiger partial charge is 0.511 e. The van der Waals surface area contributed by atoms with E-state index < -0.39 is 0 Å². The second-order valence-corrected chi connectivity index (χ2v) is 9.30. The van der Waals surface area contributed by atoms with Crippen molar-refractivity contribution >= 4 is 17.3 Å². The number of aliphatic hydroxyl groups is 1. The van der Waals surface area contributed by atoms with Gasteiger partial charge in [-0.2, -0.15) is 0 Å². The molecule has 0 atom stereocenters. The van der Waals surface area contributed by atoms with Gasteiger partial charge in [-0.1, -0.05) is 32.9 Å². The molecule has 146 valence electrons. The second kappa shape index (κ2) is 6.73. The SMILES string of the molecule is CN=C(CCc1noc2c1C(=O)CC(C)(C)C2)C1=C(O)CC(C)(C)CC1=O. The van der Waals surface area contributed by atoms with Crippen LogP contribution in [0.2, 0.25) is 0 Å². The average molecular weight is 372 g/mol. The molecule has 0 amide bonds. The third-order valence-corrected chi connectivity index (χ3v) is 5.40. The monoisotopic (exact) mass is 372 g/mol. The highest BCUT2D eigenvalue weighted by Gasteiger charge is 2.37.